The van der Waals surface area contributed by atoms with Gasteiger partial charge in [0, 0.05) is 143 Å². The van der Waals surface area contributed by atoms with E-state index < -0.39 is 0 Å². The average molecular weight is 1850 g/mol. The van der Waals surface area contributed by atoms with E-state index in [9.17, 15) is 0 Å². The van der Waals surface area contributed by atoms with Gasteiger partial charge in [-0.3, -0.25) is 0 Å². The summed E-state index contributed by atoms with van der Waals surface area (Å²) in [5.74, 6) is 3.88. The van der Waals surface area contributed by atoms with Crippen molar-refractivity contribution in [3.05, 3.63) is 473 Å². The van der Waals surface area contributed by atoms with E-state index >= 15 is 0 Å². The van der Waals surface area contributed by atoms with Crippen LogP contribution in [0, 0.1) is 0 Å². The zero-order valence-corrected chi connectivity index (χ0v) is 78.3. The van der Waals surface area contributed by atoms with Gasteiger partial charge in [-0.25, -0.2) is 39.9 Å². The molecule has 141 heavy (non-hydrogen) atoms. The van der Waals surface area contributed by atoms with Crippen molar-refractivity contribution in [1.82, 2.24) is 39.9 Å². The number of pyridine rings is 2. The number of rotatable bonds is 11. The normalized spacial score (nSPS) is 11.7. The van der Waals surface area contributed by atoms with Gasteiger partial charge in [0.15, 0.2) is 34.9 Å². The summed E-state index contributed by atoms with van der Waals surface area (Å²) in [5.41, 5.74) is 17.6. The maximum absolute atomic E-state index is 5.55. The molecule has 29 rings (SSSR count). The minimum atomic E-state index is 0.622. The number of benzene rings is 22. The molecule has 0 aliphatic heterocycles. The van der Waals surface area contributed by atoms with Crippen LogP contribution >= 0.6 is 34.0 Å². The monoisotopic (exact) mass is 1850 g/mol. The van der Waals surface area contributed by atoms with Crippen molar-refractivity contribution in [2.24, 2.45) is 0 Å². The summed E-state index contributed by atoms with van der Waals surface area (Å²) < 4.78 is 7.97. The lowest BCUT2D eigenvalue weighted by Crippen LogP contribution is -2.00. The highest BCUT2D eigenvalue weighted by atomic mass is 32.1. The third kappa shape index (κ3) is 14.5. The van der Waals surface area contributed by atoms with Crippen molar-refractivity contribution in [3.63, 3.8) is 0 Å². The fraction of sp³-hybridized carbons (Fsp3) is 0. The van der Waals surface area contributed by atoms with Crippen molar-refractivity contribution in [3.8, 4) is 124 Å². The Morgan fingerprint density at radius 1 is 0.135 bits per heavy atom. The van der Waals surface area contributed by atoms with Gasteiger partial charge in [-0.1, -0.05) is 425 Å². The molecule has 656 valence electrons. The van der Waals surface area contributed by atoms with Gasteiger partial charge in [-0.05, 0) is 130 Å². The Labute approximate surface area is 822 Å². The molecule has 0 aliphatic rings. The SMILES string of the molecule is c1ccc(-c2cc(-c3cc4c5ccccc5c5sc6ccccc6c5c4c4ccccc34)cc(-c3ccccc3)n2)cc1.c1ccc(-c2nc(-c3ccccc3)nc(-c3ccc(-c4cc5c6ccccc6c6sc7ccccc7c6c5c5ccccc45)cc3)n2)cc1.c1ccc(-c2nc(-c3ccccc3)nc(-c3cccc(-c4nc5c6ccccc6c6sc7ccccc7c6c5c5ccccc45)c3)n2)cc1. The van der Waals surface area contributed by atoms with E-state index in [1.54, 1.807) is 0 Å². The molecular weight excluding hydrogens is 1770 g/mol. The van der Waals surface area contributed by atoms with Crippen molar-refractivity contribution in [1.29, 1.82) is 0 Å². The standard InChI is InChI=1S/C45H27N3S.C44H26N4S.C41H25NS/c1-3-13-29(14-4-1)43-46-44(30-15-5-2-6-16-30)48-45(47-43)31-25-23-28(24-26-31)37-27-38-33-18-8-10-20-35(33)42-41(36-21-11-12-22-39(36)49-42)40(38)34-19-9-7-17-32(34)37;1-3-14-27(15-4-1)42-46-43(28-16-5-2-6-17-28)48-44(47-42)30-19-13-18-29(26-30)39-32-21-8-7-20-31(32)37-38-35-24-11-12-25-36(35)49-41(38)34-23-10-9-22-33(34)40(37)45-39;1-3-13-26(14-4-1)36-23-28(24-37(42-36)27-15-5-2-6-16-27)34-25-35-30-18-8-10-20-32(30)41-40(33-21-11-12-22-38(33)43-41)39(35)31-19-9-7-17-29(31)34/h1-27H;1-26H;1-25H. The highest BCUT2D eigenvalue weighted by Gasteiger charge is 2.26. The lowest BCUT2D eigenvalue weighted by Gasteiger charge is -2.16. The van der Waals surface area contributed by atoms with Gasteiger partial charge in [0.05, 0.1) is 22.6 Å². The first kappa shape index (κ1) is 82.6. The van der Waals surface area contributed by atoms with E-state index in [-0.39, 0.29) is 0 Å². The topological polar surface area (TPSA) is 103 Å². The van der Waals surface area contributed by atoms with Crippen LogP contribution in [-0.4, -0.2) is 39.9 Å². The lowest BCUT2D eigenvalue weighted by molar-refractivity contribution is 1.07. The number of hydrogen-bond donors (Lipinski definition) is 0. The second kappa shape index (κ2) is 34.8. The smallest absolute Gasteiger partial charge is 0.164 e. The van der Waals surface area contributed by atoms with Crippen molar-refractivity contribution in [2.75, 3.05) is 0 Å². The van der Waals surface area contributed by atoms with Crippen LogP contribution in [0.4, 0.5) is 0 Å². The summed E-state index contributed by atoms with van der Waals surface area (Å²) in [6.45, 7) is 0. The van der Waals surface area contributed by atoms with Crippen LogP contribution in [0.1, 0.15) is 0 Å². The zero-order valence-electron chi connectivity index (χ0n) is 75.8. The molecule has 0 saturated heterocycles. The quantitative estimate of drug-likeness (QED) is 0.118. The van der Waals surface area contributed by atoms with Gasteiger partial charge < -0.3 is 0 Å². The fourth-order valence-electron chi connectivity index (χ4n) is 21.0. The number of fused-ring (bicyclic) bond motifs is 30. The molecule has 0 spiro atoms. The summed E-state index contributed by atoms with van der Waals surface area (Å²) >= 11 is 5.67. The average Bonchev–Trinajstić information content (AvgIpc) is 1.64. The predicted octanol–water partition coefficient (Wildman–Crippen LogP) is 36.0. The second-order valence-electron chi connectivity index (χ2n) is 35.7. The van der Waals surface area contributed by atoms with Gasteiger partial charge >= 0.3 is 0 Å². The van der Waals surface area contributed by atoms with Crippen LogP contribution in [0.25, 0.3) is 282 Å². The van der Waals surface area contributed by atoms with Crippen LogP contribution in [0.2, 0.25) is 0 Å². The van der Waals surface area contributed by atoms with Gasteiger partial charge in [0.25, 0.3) is 0 Å². The van der Waals surface area contributed by atoms with E-state index in [4.69, 9.17) is 39.9 Å². The zero-order chi connectivity index (χ0) is 93.0. The highest BCUT2D eigenvalue weighted by molar-refractivity contribution is 7.28. The van der Waals surface area contributed by atoms with Crippen LogP contribution in [0.15, 0.2) is 473 Å². The van der Waals surface area contributed by atoms with Crippen LogP contribution in [0.5, 0.6) is 0 Å². The maximum Gasteiger partial charge on any atom is 0.164 e. The molecule has 7 heterocycles. The lowest BCUT2D eigenvalue weighted by atomic mass is 9.88. The first-order valence-corrected chi connectivity index (χ1v) is 49.9. The van der Waals surface area contributed by atoms with Crippen LogP contribution < -0.4 is 0 Å². The summed E-state index contributed by atoms with van der Waals surface area (Å²) in [6.07, 6.45) is 0. The first-order chi connectivity index (χ1) is 69.9. The molecule has 7 aromatic heterocycles. The Morgan fingerprint density at radius 2 is 0.404 bits per heavy atom. The molecule has 0 bridgehead atoms. The van der Waals surface area contributed by atoms with E-state index in [0.717, 1.165) is 89.0 Å². The van der Waals surface area contributed by atoms with Crippen molar-refractivity contribution < 1.29 is 0 Å². The van der Waals surface area contributed by atoms with Gasteiger partial charge in [-0.15, -0.1) is 34.0 Å². The molecule has 0 radical (unpaired) electrons. The van der Waals surface area contributed by atoms with Crippen molar-refractivity contribution >= 4 is 192 Å². The largest absolute Gasteiger partial charge is 0.248 e. The molecule has 0 amide bonds. The summed E-state index contributed by atoms with van der Waals surface area (Å²) in [6, 6.07) is 167. The number of hydrogen-bond acceptors (Lipinski definition) is 11. The summed E-state index contributed by atoms with van der Waals surface area (Å²) in [5, 5.41) is 29.3. The Bertz CT molecular complexity index is 9880. The van der Waals surface area contributed by atoms with E-state index in [1.165, 1.54) is 158 Å². The third-order valence-electron chi connectivity index (χ3n) is 27.4. The Balaban J connectivity index is 0.000000106. The predicted molar refractivity (Wildman–Crippen MR) is 598 cm³/mol. The molecule has 0 fully saturated rings. The molecule has 0 saturated carbocycles. The molecule has 8 nitrogen and oxygen atoms in total. The van der Waals surface area contributed by atoms with E-state index in [0.29, 0.717) is 34.9 Å². The maximum atomic E-state index is 5.55. The van der Waals surface area contributed by atoms with E-state index in [2.05, 4.69) is 352 Å². The number of aromatic nitrogens is 8. The van der Waals surface area contributed by atoms with E-state index in [1.807, 2.05) is 155 Å². The van der Waals surface area contributed by atoms with Crippen LogP contribution in [0.3, 0.4) is 0 Å². The summed E-state index contributed by atoms with van der Waals surface area (Å²) in [7, 11) is 0. The van der Waals surface area contributed by atoms with Gasteiger partial charge in [-0.2, -0.15) is 0 Å². The van der Waals surface area contributed by atoms with Crippen molar-refractivity contribution in [2.45, 2.75) is 0 Å². The number of nitrogens with zero attached hydrogens (tertiary/aromatic N) is 8. The molecule has 11 heteroatoms. The molecule has 22 aromatic carbocycles. The molecular formula is C130H78N8S3. The third-order valence-corrected chi connectivity index (χ3v) is 31.0. The molecule has 29 aromatic rings. The first-order valence-electron chi connectivity index (χ1n) is 47.4. The van der Waals surface area contributed by atoms with Gasteiger partial charge in [0.1, 0.15) is 0 Å². The Kier molecular flexibility index (Phi) is 20.4. The highest BCUT2D eigenvalue weighted by Crippen LogP contribution is 2.53. The molecule has 0 atom stereocenters. The second-order valence-corrected chi connectivity index (χ2v) is 38.8. The minimum absolute atomic E-state index is 0.622. The Hall–Kier alpha value is -17.8. The molecule has 0 N–H and O–H groups in total. The molecule has 0 aliphatic carbocycles. The summed E-state index contributed by atoms with van der Waals surface area (Å²) in [4.78, 5) is 40.4. The number of thiophene rings is 3. The minimum Gasteiger partial charge on any atom is -0.248 e. The molecule has 0 unspecified atom stereocenters. The Morgan fingerprint density at radius 3 is 0.801 bits per heavy atom. The fourth-order valence-corrected chi connectivity index (χ4v) is 24.7. The van der Waals surface area contributed by atoms with Crippen LogP contribution in [-0.2, 0) is 0 Å². The van der Waals surface area contributed by atoms with Gasteiger partial charge in [0.2, 0.25) is 0 Å².